The molecular formula is C27H39F3N4O5. The van der Waals surface area contributed by atoms with Gasteiger partial charge in [-0.1, -0.05) is 41.2 Å². The van der Waals surface area contributed by atoms with Gasteiger partial charge in [0.1, 0.15) is 12.1 Å². The van der Waals surface area contributed by atoms with Crippen LogP contribution >= 0.6 is 0 Å². The Balaban J connectivity index is 1.85. The third-order valence-electron chi connectivity index (χ3n) is 8.40. The molecule has 6 atom stereocenters. The van der Waals surface area contributed by atoms with E-state index in [1.54, 1.807) is 0 Å². The molecule has 0 spiro atoms. The van der Waals surface area contributed by atoms with Gasteiger partial charge in [-0.2, -0.15) is 13.2 Å². The zero-order valence-electron chi connectivity index (χ0n) is 23.1. The Morgan fingerprint density at radius 2 is 1.82 bits per heavy atom. The minimum Gasteiger partial charge on any atom is -0.356 e. The van der Waals surface area contributed by atoms with E-state index in [4.69, 9.17) is 0 Å². The van der Waals surface area contributed by atoms with Crippen molar-refractivity contribution in [1.29, 1.82) is 0 Å². The van der Waals surface area contributed by atoms with Gasteiger partial charge < -0.3 is 20.9 Å². The van der Waals surface area contributed by atoms with Gasteiger partial charge in [-0.15, -0.1) is 0 Å². The summed E-state index contributed by atoms with van der Waals surface area (Å²) in [6.45, 7) is 12.7. The Labute approximate surface area is 226 Å². The molecule has 1 saturated carbocycles. The summed E-state index contributed by atoms with van der Waals surface area (Å²) in [7, 11) is 0. The minimum absolute atomic E-state index is 0.0477. The third kappa shape index (κ3) is 6.63. The van der Waals surface area contributed by atoms with Crippen molar-refractivity contribution < 1.29 is 37.1 Å². The number of alkyl halides is 3. The van der Waals surface area contributed by atoms with Gasteiger partial charge in [0.25, 0.3) is 0 Å². The molecule has 3 fully saturated rings. The fraction of sp³-hybridized carbons (Fsp3) is 0.741. The molecule has 2 saturated heterocycles. The molecule has 39 heavy (non-hydrogen) atoms. The second kappa shape index (κ2) is 10.9. The van der Waals surface area contributed by atoms with Gasteiger partial charge in [-0.05, 0) is 48.0 Å². The molecule has 0 unspecified atom stereocenters. The number of ketones is 1. The number of halogens is 3. The summed E-state index contributed by atoms with van der Waals surface area (Å²) in [6, 6.07) is -3.21. The van der Waals surface area contributed by atoms with Crippen LogP contribution in [0.2, 0.25) is 0 Å². The van der Waals surface area contributed by atoms with E-state index in [9.17, 15) is 37.1 Å². The molecule has 4 amide bonds. The van der Waals surface area contributed by atoms with Gasteiger partial charge in [0.05, 0.1) is 0 Å². The van der Waals surface area contributed by atoms with E-state index in [1.165, 1.54) is 25.7 Å². The number of carbonyl (C=O) groups excluding carboxylic acids is 5. The number of rotatable bonds is 9. The summed E-state index contributed by atoms with van der Waals surface area (Å²) in [5, 5.41) is 7.48. The van der Waals surface area contributed by atoms with Crippen LogP contribution in [0, 0.1) is 28.6 Å². The normalized spacial score (nSPS) is 27.5. The number of fused-ring (bicyclic) bond motifs is 1. The maximum Gasteiger partial charge on any atom is 0.471 e. The van der Waals surface area contributed by atoms with E-state index in [0.29, 0.717) is 13.0 Å². The molecule has 2 aliphatic heterocycles. The molecule has 0 radical (unpaired) electrons. The average Bonchev–Trinajstić information content (AvgIpc) is 3.15. The van der Waals surface area contributed by atoms with Gasteiger partial charge in [0.15, 0.2) is 5.78 Å². The highest BCUT2D eigenvalue weighted by Gasteiger charge is 2.70. The highest BCUT2D eigenvalue weighted by Crippen LogP contribution is 2.65. The second-order valence-electron chi connectivity index (χ2n) is 12.6. The standard InChI is InChI=1S/C27H39F3N4O5/c1-7-16(35)12-15(11-14-9-8-10-31-21(14)36)32-22(37)19-18-17(26(18,5)6)13-34(19)23(38)20(25(2,3)4)33-24(39)27(28,29)30/h7,14-15,17-20H,1,8-13H2,2-6H3,(H,31,36)(H,32,37)(H,33,39)/t14-,15-,17-,18-,19-,20+/m0/s1. The van der Waals surface area contributed by atoms with Gasteiger partial charge in [0, 0.05) is 31.5 Å². The number of amides is 4. The van der Waals surface area contributed by atoms with Crippen molar-refractivity contribution in [3.8, 4) is 0 Å². The number of allylic oxidation sites excluding steroid dienone is 1. The Kier molecular flexibility index (Phi) is 8.57. The lowest BCUT2D eigenvalue weighted by Gasteiger charge is -2.38. The Hall–Kier alpha value is -2.92. The number of nitrogens with one attached hydrogen (secondary N) is 3. The van der Waals surface area contributed by atoms with Crippen molar-refractivity contribution in [3.05, 3.63) is 12.7 Å². The average molecular weight is 557 g/mol. The van der Waals surface area contributed by atoms with Crippen molar-refractivity contribution in [3.63, 3.8) is 0 Å². The first-order valence-electron chi connectivity index (χ1n) is 13.3. The molecular weight excluding hydrogens is 517 g/mol. The molecule has 3 rings (SSSR count). The van der Waals surface area contributed by atoms with Crippen LogP contribution in [0.15, 0.2) is 12.7 Å². The predicted molar refractivity (Wildman–Crippen MR) is 136 cm³/mol. The van der Waals surface area contributed by atoms with Crippen molar-refractivity contribution in [2.24, 2.45) is 28.6 Å². The summed E-state index contributed by atoms with van der Waals surface area (Å²) in [6.07, 6.45) is -2.51. The molecule has 1 aliphatic carbocycles. The number of likely N-dealkylation sites (tertiary alicyclic amines) is 1. The zero-order valence-corrected chi connectivity index (χ0v) is 23.1. The molecule has 0 bridgehead atoms. The fourth-order valence-electron chi connectivity index (χ4n) is 6.05. The Morgan fingerprint density at radius 1 is 1.18 bits per heavy atom. The fourth-order valence-corrected chi connectivity index (χ4v) is 6.05. The van der Waals surface area contributed by atoms with Crippen molar-refractivity contribution in [2.45, 2.75) is 84.6 Å². The van der Waals surface area contributed by atoms with E-state index >= 15 is 0 Å². The first-order valence-corrected chi connectivity index (χ1v) is 13.3. The van der Waals surface area contributed by atoms with E-state index in [0.717, 1.165) is 12.5 Å². The number of carbonyl (C=O) groups is 5. The molecule has 0 aromatic carbocycles. The lowest BCUT2D eigenvalue weighted by Crippen LogP contribution is -2.61. The molecule has 9 nitrogen and oxygen atoms in total. The largest absolute Gasteiger partial charge is 0.471 e. The van der Waals surface area contributed by atoms with Crippen LogP contribution in [0.3, 0.4) is 0 Å². The van der Waals surface area contributed by atoms with E-state index in [-0.39, 0.29) is 48.3 Å². The predicted octanol–water partition coefficient (Wildman–Crippen LogP) is 2.11. The lowest BCUT2D eigenvalue weighted by atomic mass is 9.85. The minimum atomic E-state index is -5.17. The summed E-state index contributed by atoms with van der Waals surface area (Å²) in [5.74, 6) is -4.68. The van der Waals surface area contributed by atoms with Crippen LogP contribution in [-0.2, 0) is 24.0 Å². The first kappa shape index (κ1) is 30.6. The number of hydrogen-bond donors (Lipinski definition) is 3. The van der Waals surface area contributed by atoms with Crippen molar-refractivity contribution >= 4 is 29.4 Å². The molecule has 2 heterocycles. The van der Waals surface area contributed by atoms with Crippen molar-refractivity contribution in [1.82, 2.24) is 20.9 Å². The van der Waals surface area contributed by atoms with Gasteiger partial charge in [-0.25, -0.2) is 0 Å². The van der Waals surface area contributed by atoms with Crippen LogP contribution in [-0.4, -0.2) is 71.7 Å². The highest BCUT2D eigenvalue weighted by molar-refractivity contribution is 5.95. The van der Waals surface area contributed by atoms with Crippen LogP contribution in [0.4, 0.5) is 13.2 Å². The second-order valence-corrected chi connectivity index (χ2v) is 12.6. The topological polar surface area (TPSA) is 125 Å². The Morgan fingerprint density at radius 3 is 2.36 bits per heavy atom. The maximum absolute atomic E-state index is 13.7. The van der Waals surface area contributed by atoms with Gasteiger partial charge >= 0.3 is 12.1 Å². The number of piperidine rings is 2. The highest BCUT2D eigenvalue weighted by atomic mass is 19.4. The smallest absolute Gasteiger partial charge is 0.356 e. The van der Waals surface area contributed by atoms with Crippen LogP contribution in [0.25, 0.3) is 0 Å². The number of nitrogens with zero attached hydrogens (tertiary/aromatic N) is 1. The SMILES string of the molecule is C=CC(=O)C[C@H](C[C@@H]1CCCNC1=O)NC(=O)[C@@H]1[C@@H]2[C@H](CN1C(=O)[C@@H](NC(=O)C(F)(F)F)C(C)(C)C)C2(C)C. The molecule has 0 aromatic heterocycles. The Bertz CT molecular complexity index is 1040. The van der Waals surface area contributed by atoms with E-state index < -0.39 is 53.4 Å². The van der Waals surface area contributed by atoms with E-state index in [2.05, 4.69) is 17.2 Å². The zero-order chi connectivity index (χ0) is 29.5. The molecule has 3 N–H and O–H groups in total. The van der Waals surface area contributed by atoms with Crippen LogP contribution < -0.4 is 16.0 Å². The van der Waals surface area contributed by atoms with E-state index in [1.807, 2.05) is 19.2 Å². The molecule has 218 valence electrons. The third-order valence-corrected chi connectivity index (χ3v) is 8.40. The van der Waals surface area contributed by atoms with Gasteiger partial charge in [-0.3, -0.25) is 24.0 Å². The first-order chi connectivity index (χ1) is 17.9. The summed E-state index contributed by atoms with van der Waals surface area (Å²) in [4.78, 5) is 65.0. The van der Waals surface area contributed by atoms with Crippen LogP contribution in [0.1, 0.15) is 60.3 Å². The molecule has 0 aromatic rings. The monoisotopic (exact) mass is 556 g/mol. The van der Waals surface area contributed by atoms with Crippen LogP contribution in [0.5, 0.6) is 0 Å². The molecule has 3 aliphatic rings. The summed E-state index contributed by atoms with van der Waals surface area (Å²) < 4.78 is 39.1. The summed E-state index contributed by atoms with van der Waals surface area (Å²) in [5.41, 5.74) is -1.35. The van der Waals surface area contributed by atoms with Gasteiger partial charge in [0.2, 0.25) is 17.7 Å². The maximum atomic E-state index is 13.7. The molecule has 12 heteroatoms. The van der Waals surface area contributed by atoms with Crippen molar-refractivity contribution in [2.75, 3.05) is 13.1 Å². The quantitative estimate of drug-likeness (QED) is 0.375. The lowest BCUT2D eigenvalue weighted by molar-refractivity contribution is -0.176. The summed E-state index contributed by atoms with van der Waals surface area (Å²) >= 11 is 0. The number of hydrogen-bond acceptors (Lipinski definition) is 5.